The lowest BCUT2D eigenvalue weighted by Crippen LogP contribution is -2.18. The number of nitrogens with one attached hydrogen (secondary N) is 1. The maximum Gasteiger partial charge on any atom is 0.335 e. The maximum atomic E-state index is 11.2. The second-order valence-corrected chi connectivity index (χ2v) is 6.36. The highest BCUT2D eigenvalue weighted by atomic mass is 16.4. The average Bonchev–Trinajstić information content (AvgIpc) is 3.41. The number of carbonyl (C=O) groups is 1. The summed E-state index contributed by atoms with van der Waals surface area (Å²) in [7, 11) is 1.97. The Hall–Kier alpha value is -3.29. The Morgan fingerprint density at radius 2 is 2.00 bits per heavy atom. The van der Waals surface area contributed by atoms with E-state index in [4.69, 9.17) is 5.11 Å². The lowest BCUT2D eigenvalue weighted by atomic mass is 10.1. The highest BCUT2D eigenvalue weighted by Crippen LogP contribution is 2.41. The molecule has 0 amide bonds. The minimum Gasteiger partial charge on any atom is -0.478 e. The molecule has 0 aromatic carbocycles. The van der Waals surface area contributed by atoms with Crippen molar-refractivity contribution in [3.05, 3.63) is 54.4 Å². The topological polar surface area (TPSA) is 106 Å². The first-order valence-corrected chi connectivity index (χ1v) is 8.38. The van der Waals surface area contributed by atoms with Crippen LogP contribution in [0.25, 0.3) is 11.4 Å². The van der Waals surface area contributed by atoms with E-state index >= 15 is 0 Å². The Balaban J connectivity index is 1.62. The van der Waals surface area contributed by atoms with Gasteiger partial charge in [-0.05, 0) is 37.0 Å². The van der Waals surface area contributed by atoms with Gasteiger partial charge in [0.15, 0.2) is 0 Å². The number of imidazole rings is 1. The molecule has 0 radical (unpaired) electrons. The van der Waals surface area contributed by atoms with E-state index in [-0.39, 0.29) is 11.6 Å². The third-order valence-corrected chi connectivity index (χ3v) is 4.44. The number of carboxylic acid groups (broad SMARTS) is 1. The molecular weight excluding hydrogens is 332 g/mol. The van der Waals surface area contributed by atoms with Gasteiger partial charge < -0.3 is 15.0 Å². The lowest BCUT2D eigenvalue weighted by Gasteiger charge is -2.18. The molecule has 8 heteroatoms. The van der Waals surface area contributed by atoms with Gasteiger partial charge in [0.25, 0.3) is 0 Å². The van der Waals surface area contributed by atoms with Crippen LogP contribution in [0, 0.1) is 5.92 Å². The normalized spacial score (nSPS) is 14.8. The molecule has 1 atom stereocenters. The van der Waals surface area contributed by atoms with E-state index in [0.29, 0.717) is 23.3 Å². The summed E-state index contributed by atoms with van der Waals surface area (Å²) in [6, 6.07) is 4.72. The fourth-order valence-corrected chi connectivity index (χ4v) is 2.91. The third-order valence-electron chi connectivity index (χ3n) is 4.44. The van der Waals surface area contributed by atoms with E-state index < -0.39 is 5.97 Å². The Kier molecular flexibility index (Phi) is 4.08. The molecule has 4 rings (SSSR count). The van der Waals surface area contributed by atoms with Crippen molar-refractivity contribution in [1.29, 1.82) is 0 Å². The van der Waals surface area contributed by atoms with E-state index in [1.54, 1.807) is 18.5 Å². The van der Waals surface area contributed by atoms with E-state index in [9.17, 15) is 4.79 Å². The largest absolute Gasteiger partial charge is 0.478 e. The molecule has 0 unspecified atom stereocenters. The van der Waals surface area contributed by atoms with E-state index in [1.165, 1.54) is 18.3 Å². The molecule has 3 aromatic heterocycles. The average molecular weight is 350 g/mol. The molecule has 1 fully saturated rings. The molecule has 8 nitrogen and oxygen atoms in total. The number of aromatic nitrogens is 5. The standard InChI is InChI=1S/C18H18N6O2/c1-24-9-8-20-16(24)15(11-2-3-11)23-18-21-7-5-13(22-18)14-10-12(17(25)26)4-6-19-14/h4-11,15H,2-3H2,1H3,(H,25,26)(H,21,22,23)/t15-/m1/s1. The number of hydrogen-bond acceptors (Lipinski definition) is 6. The van der Waals surface area contributed by atoms with Gasteiger partial charge >= 0.3 is 5.97 Å². The van der Waals surface area contributed by atoms with Gasteiger partial charge in [0, 0.05) is 31.8 Å². The zero-order valence-corrected chi connectivity index (χ0v) is 14.2. The summed E-state index contributed by atoms with van der Waals surface area (Å²) in [4.78, 5) is 28.7. The molecule has 1 aliphatic rings. The number of carboxylic acids is 1. The highest BCUT2D eigenvalue weighted by Gasteiger charge is 2.35. The Morgan fingerprint density at radius 3 is 2.69 bits per heavy atom. The van der Waals surface area contributed by atoms with Gasteiger partial charge in [-0.3, -0.25) is 4.98 Å². The predicted octanol–water partition coefficient (Wildman–Crippen LogP) is 2.53. The summed E-state index contributed by atoms with van der Waals surface area (Å²) in [6.07, 6.45) is 9.10. The van der Waals surface area contributed by atoms with Gasteiger partial charge in [0.2, 0.25) is 5.95 Å². The monoisotopic (exact) mass is 350 g/mol. The van der Waals surface area contributed by atoms with Crippen LogP contribution in [0.3, 0.4) is 0 Å². The van der Waals surface area contributed by atoms with Crippen molar-refractivity contribution >= 4 is 11.9 Å². The second kappa shape index (κ2) is 6.55. The molecule has 3 heterocycles. The Labute approximate surface area is 150 Å². The quantitative estimate of drug-likeness (QED) is 0.703. The number of aryl methyl sites for hydroxylation is 1. The highest BCUT2D eigenvalue weighted by molar-refractivity contribution is 5.88. The van der Waals surface area contributed by atoms with Gasteiger partial charge in [-0.25, -0.2) is 19.7 Å². The first kappa shape index (κ1) is 16.2. The van der Waals surface area contributed by atoms with E-state index in [1.807, 2.05) is 17.8 Å². The second-order valence-electron chi connectivity index (χ2n) is 6.36. The van der Waals surface area contributed by atoms with Gasteiger partial charge in [-0.2, -0.15) is 0 Å². The van der Waals surface area contributed by atoms with Crippen LogP contribution in [0.1, 0.15) is 35.1 Å². The van der Waals surface area contributed by atoms with Crippen molar-refractivity contribution in [2.45, 2.75) is 18.9 Å². The van der Waals surface area contributed by atoms with Gasteiger partial charge in [0.05, 0.1) is 23.0 Å². The number of aromatic carboxylic acids is 1. The van der Waals surface area contributed by atoms with Crippen LogP contribution in [0.15, 0.2) is 43.0 Å². The van der Waals surface area contributed by atoms with Crippen molar-refractivity contribution in [2.75, 3.05) is 5.32 Å². The number of hydrogen-bond donors (Lipinski definition) is 2. The molecule has 3 aromatic rings. The molecule has 0 spiro atoms. The Bertz CT molecular complexity index is 950. The van der Waals surface area contributed by atoms with Crippen molar-refractivity contribution in [1.82, 2.24) is 24.5 Å². The first-order valence-electron chi connectivity index (χ1n) is 8.38. The SMILES string of the molecule is Cn1ccnc1[C@H](Nc1nccc(-c2cc(C(=O)O)ccn2)n1)C1CC1. The number of anilines is 1. The van der Waals surface area contributed by atoms with Crippen LogP contribution in [0.2, 0.25) is 0 Å². The van der Waals surface area contributed by atoms with Crippen molar-refractivity contribution in [3.63, 3.8) is 0 Å². The third kappa shape index (κ3) is 3.26. The number of nitrogens with zero attached hydrogens (tertiary/aromatic N) is 5. The molecule has 26 heavy (non-hydrogen) atoms. The Morgan fingerprint density at radius 1 is 1.19 bits per heavy atom. The molecule has 1 aliphatic carbocycles. The van der Waals surface area contributed by atoms with Gasteiger partial charge in [0.1, 0.15) is 5.82 Å². The van der Waals surface area contributed by atoms with Gasteiger partial charge in [-0.15, -0.1) is 0 Å². The fourth-order valence-electron chi connectivity index (χ4n) is 2.91. The summed E-state index contributed by atoms with van der Waals surface area (Å²) in [5, 5.41) is 12.5. The molecule has 2 N–H and O–H groups in total. The van der Waals surface area contributed by atoms with Crippen LogP contribution < -0.4 is 5.32 Å². The number of pyridine rings is 1. The summed E-state index contributed by atoms with van der Waals surface area (Å²) in [5.74, 6) is 0.943. The van der Waals surface area contributed by atoms with Gasteiger partial charge in [-0.1, -0.05) is 0 Å². The molecule has 0 bridgehead atoms. The van der Waals surface area contributed by atoms with Crippen LogP contribution in [0.5, 0.6) is 0 Å². The first-order chi connectivity index (χ1) is 12.6. The fraction of sp³-hybridized carbons (Fsp3) is 0.278. The van der Waals surface area contributed by atoms with Crippen molar-refractivity contribution < 1.29 is 9.90 Å². The summed E-state index contributed by atoms with van der Waals surface area (Å²) in [6.45, 7) is 0. The minimum absolute atomic E-state index is 0.0450. The zero-order valence-electron chi connectivity index (χ0n) is 14.2. The minimum atomic E-state index is -0.996. The van der Waals surface area contributed by atoms with Crippen LogP contribution in [0.4, 0.5) is 5.95 Å². The summed E-state index contributed by atoms with van der Waals surface area (Å²) < 4.78 is 2.00. The smallest absolute Gasteiger partial charge is 0.335 e. The van der Waals surface area contributed by atoms with Crippen LogP contribution in [-0.4, -0.2) is 35.6 Å². The number of rotatable bonds is 6. The molecular formula is C18H18N6O2. The van der Waals surface area contributed by atoms with E-state index in [2.05, 4.69) is 25.3 Å². The summed E-state index contributed by atoms with van der Waals surface area (Å²) in [5.41, 5.74) is 1.24. The zero-order chi connectivity index (χ0) is 18.1. The predicted molar refractivity (Wildman–Crippen MR) is 94.5 cm³/mol. The lowest BCUT2D eigenvalue weighted by molar-refractivity contribution is 0.0697. The maximum absolute atomic E-state index is 11.2. The molecule has 1 saturated carbocycles. The van der Waals surface area contributed by atoms with Crippen LogP contribution >= 0.6 is 0 Å². The molecule has 0 aliphatic heterocycles. The van der Waals surface area contributed by atoms with Crippen LogP contribution in [-0.2, 0) is 7.05 Å². The molecule has 0 saturated heterocycles. The molecule has 132 valence electrons. The van der Waals surface area contributed by atoms with Crippen molar-refractivity contribution in [2.24, 2.45) is 13.0 Å². The summed E-state index contributed by atoms with van der Waals surface area (Å²) >= 11 is 0. The van der Waals surface area contributed by atoms with E-state index in [0.717, 1.165) is 18.7 Å². The van der Waals surface area contributed by atoms with Crippen molar-refractivity contribution in [3.8, 4) is 11.4 Å².